The Hall–Kier alpha value is -2.60. The van der Waals surface area contributed by atoms with Gasteiger partial charge in [-0.15, -0.1) is 11.3 Å². The zero-order valence-electron chi connectivity index (χ0n) is 17.4. The lowest BCUT2D eigenvalue weighted by Crippen LogP contribution is -2.25. The molecule has 2 heterocycles. The maximum absolute atomic E-state index is 12.8. The summed E-state index contributed by atoms with van der Waals surface area (Å²) in [6.45, 7) is 9.23. The van der Waals surface area contributed by atoms with Gasteiger partial charge >= 0.3 is 0 Å². The Kier molecular flexibility index (Phi) is 5.89. The molecular weight excluding hydrogens is 370 g/mol. The van der Waals surface area contributed by atoms with Crippen LogP contribution < -0.4 is 4.74 Å². The van der Waals surface area contributed by atoms with Gasteiger partial charge in [0.05, 0.1) is 11.1 Å². The van der Waals surface area contributed by atoms with Crippen LogP contribution in [0.5, 0.6) is 5.75 Å². The van der Waals surface area contributed by atoms with Crippen molar-refractivity contribution in [1.82, 2.24) is 14.7 Å². The minimum atomic E-state index is 0.0159. The van der Waals surface area contributed by atoms with Gasteiger partial charge in [0.1, 0.15) is 12.4 Å². The molecule has 0 unspecified atom stereocenters. The van der Waals surface area contributed by atoms with Gasteiger partial charge in [0.25, 0.3) is 5.91 Å². The van der Waals surface area contributed by atoms with E-state index >= 15 is 0 Å². The van der Waals surface area contributed by atoms with Crippen molar-refractivity contribution in [2.75, 3.05) is 7.05 Å². The molecule has 0 aliphatic rings. The zero-order valence-corrected chi connectivity index (χ0v) is 18.2. The molecule has 0 aliphatic heterocycles. The van der Waals surface area contributed by atoms with Crippen LogP contribution in [0.1, 0.15) is 43.2 Å². The van der Waals surface area contributed by atoms with E-state index < -0.39 is 0 Å². The van der Waals surface area contributed by atoms with Gasteiger partial charge in [-0.25, -0.2) is 0 Å². The van der Waals surface area contributed by atoms with Gasteiger partial charge in [-0.05, 0) is 50.3 Å². The number of aryl methyl sites for hydroxylation is 4. The Balaban J connectivity index is 1.65. The number of nitrogens with zero attached hydrogens (tertiary/aromatic N) is 3. The molecular formula is C22H27N3O2S. The van der Waals surface area contributed by atoms with E-state index in [-0.39, 0.29) is 5.91 Å². The number of aromatic nitrogens is 2. The van der Waals surface area contributed by atoms with Crippen LogP contribution in [0.25, 0.3) is 0 Å². The number of rotatable bonds is 6. The fraction of sp³-hybridized carbons (Fsp3) is 0.364. The largest absolute Gasteiger partial charge is 0.488 e. The number of carbonyl (C=O) groups excluding carboxylic acids is 1. The highest BCUT2D eigenvalue weighted by molar-refractivity contribution is 7.12. The van der Waals surface area contributed by atoms with Gasteiger partial charge in [0.15, 0.2) is 0 Å². The molecule has 0 atom stereocenters. The lowest BCUT2D eigenvalue weighted by atomic mass is 10.1. The maximum atomic E-state index is 12.8. The number of amides is 1. The number of benzene rings is 1. The number of carbonyl (C=O) groups is 1. The highest BCUT2D eigenvalue weighted by atomic mass is 32.1. The Labute approximate surface area is 170 Å². The Morgan fingerprint density at radius 3 is 2.46 bits per heavy atom. The molecule has 0 bridgehead atoms. The molecule has 1 amide bonds. The second kappa shape index (κ2) is 8.19. The fourth-order valence-corrected chi connectivity index (χ4v) is 4.22. The smallest absolute Gasteiger partial charge is 0.263 e. The molecule has 3 rings (SSSR count). The second-order valence-corrected chi connectivity index (χ2v) is 8.29. The van der Waals surface area contributed by atoms with Gasteiger partial charge in [0, 0.05) is 37.5 Å². The standard InChI is InChI=1S/C22H27N3O2S/c1-14-7-15(2)21(16(3)8-14)27-12-18-9-20(28-13-18)22(26)24(5)11-19-10-23-25(6)17(19)4/h7-10,13H,11-12H2,1-6H3. The molecule has 28 heavy (non-hydrogen) atoms. The second-order valence-electron chi connectivity index (χ2n) is 7.38. The van der Waals surface area contributed by atoms with Crippen molar-refractivity contribution >= 4 is 17.2 Å². The molecule has 0 N–H and O–H groups in total. The van der Waals surface area contributed by atoms with Gasteiger partial charge in [-0.2, -0.15) is 5.10 Å². The quantitative estimate of drug-likeness (QED) is 0.612. The van der Waals surface area contributed by atoms with Crippen molar-refractivity contribution in [2.24, 2.45) is 7.05 Å². The molecule has 148 valence electrons. The molecule has 0 saturated carbocycles. The van der Waals surface area contributed by atoms with Crippen LogP contribution in [0.15, 0.2) is 29.8 Å². The molecule has 0 spiro atoms. The van der Waals surface area contributed by atoms with E-state index in [1.54, 1.807) is 4.90 Å². The first-order chi connectivity index (χ1) is 13.3. The van der Waals surface area contributed by atoms with E-state index in [9.17, 15) is 4.79 Å². The van der Waals surface area contributed by atoms with E-state index in [1.165, 1.54) is 16.9 Å². The lowest BCUT2D eigenvalue weighted by molar-refractivity contribution is 0.0789. The van der Waals surface area contributed by atoms with E-state index in [2.05, 4.69) is 38.0 Å². The van der Waals surface area contributed by atoms with Crippen molar-refractivity contribution in [1.29, 1.82) is 0 Å². The van der Waals surface area contributed by atoms with Gasteiger partial charge < -0.3 is 9.64 Å². The van der Waals surface area contributed by atoms with Crippen LogP contribution in [-0.2, 0) is 20.2 Å². The van der Waals surface area contributed by atoms with Crippen LogP contribution in [0.4, 0.5) is 0 Å². The van der Waals surface area contributed by atoms with Crippen molar-refractivity contribution < 1.29 is 9.53 Å². The molecule has 5 nitrogen and oxygen atoms in total. The third-order valence-electron chi connectivity index (χ3n) is 4.94. The SMILES string of the molecule is Cc1cc(C)c(OCc2csc(C(=O)N(C)Cc3cnn(C)c3C)c2)c(C)c1. The molecule has 2 aromatic heterocycles. The van der Waals surface area contributed by atoms with Crippen LogP contribution in [0, 0.1) is 27.7 Å². The molecule has 3 aromatic rings. The summed E-state index contributed by atoms with van der Waals surface area (Å²) in [7, 11) is 3.73. The third-order valence-corrected chi connectivity index (χ3v) is 5.91. The van der Waals surface area contributed by atoms with Gasteiger partial charge in [0.2, 0.25) is 0 Å². The monoisotopic (exact) mass is 397 g/mol. The normalized spacial score (nSPS) is 10.9. The van der Waals surface area contributed by atoms with E-state index in [0.29, 0.717) is 13.2 Å². The summed E-state index contributed by atoms with van der Waals surface area (Å²) >= 11 is 1.46. The first-order valence-electron chi connectivity index (χ1n) is 9.27. The summed E-state index contributed by atoms with van der Waals surface area (Å²) in [5.74, 6) is 0.941. The molecule has 0 aliphatic carbocycles. The molecule has 0 radical (unpaired) electrons. The third kappa shape index (κ3) is 4.28. The Bertz CT molecular complexity index is 980. The molecule has 6 heteroatoms. The topological polar surface area (TPSA) is 47.4 Å². The number of hydrogen-bond acceptors (Lipinski definition) is 4. The summed E-state index contributed by atoms with van der Waals surface area (Å²) in [6, 6.07) is 6.18. The minimum Gasteiger partial charge on any atom is -0.488 e. The van der Waals surface area contributed by atoms with Crippen molar-refractivity contribution in [3.8, 4) is 5.75 Å². The Morgan fingerprint density at radius 2 is 1.86 bits per heavy atom. The Morgan fingerprint density at radius 1 is 1.18 bits per heavy atom. The fourth-order valence-electron chi connectivity index (χ4n) is 3.33. The lowest BCUT2D eigenvalue weighted by Gasteiger charge is -2.16. The van der Waals surface area contributed by atoms with E-state index in [1.807, 2.05) is 43.3 Å². The molecule has 1 aromatic carbocycles. The summed E-state index contributed by atoms with van der Waals surface area (Å²) in [4.78, 5) is 15.2. The zero-order chi connectivity index (χ0) is 20.4. The first kappa shape index (κ1) is 20.1. The number of ether oxygens (including phenoxy) is 1. The van der Waals surface area contributed by atoms with E-state index in [0.717, 1.165) is 38.6 Å². The highest BCUT2D eigenvalue weighted by Crippen LogP contribution is 2.26. The number of hydrogen-bond donors (Lipinski definition) is 0. The van der Waals surface area contributed by atoms with Gasteiger partial charge in [-0.1, -0.05) is 17.7 Å². The number of thiophene rings is 1. The minimum absolute atomic E-state index is 0.0159. The summed E-state index contributed by atoms with van der Waals surface area (Å²) in [6.07, 6.45) is 1.82. The summed E-state index contributed by atoms with van der Waals surface area (Å²) in [5.41, 5.74) is 6.65. The van der Waals surface area contributed by atoms with E-state index in [4.69, 9.17) is 4.74 Å². The predicted octanol–water partition coefficient (Wildman–Crippen LogP) is 4.57. The highest BCUT2D eigenvalue weighted by Gasteiger charge is 2.17. The predicted molar refractivity (Wildman–Crippen MR) is 113 cm³/mol. The molecule has 0 saturated heterocycles. The van der Waals surface area contributed by atoms with Crippen LogP contribution in [0.3, 0.4) is 0 Å². The van der Waals surface area contributed by atoms with Crippen LogP contribution >= 0.6 is 11.3 Å². The van der Waals surface area contributed by atoms with Crippen molar-refractivity contribution in [2.45, 2.75) is 40.8 Å². The van der Waals surface area contributed by atoms with Crippen molar-refractivity contribution in [3.63, 3.8) is 0 Å². The van der Waals surface area contributed by atoms with Gasteiger partial charge in [-0.3, -0.25) is 9.48 Å². The van der Waals surface area contributed by atoms with Crippen molar-refractivity contribution in [3.05, 3.63) is 68.2 Å². The average molecular weight is 398 g/mol. The summed E-state index contributed by atoms with van der Waals surface area (Å²) in [5, 5.41) is 6.24. The first-order valence-corrected chi connectivity index (χ1v) is 10.1. The average Bonchev–Trinajstić information content (AvgIpc) is 3.22. The van der Waals surface area contributed by atoms with Crippen LogP contribution in [0.2, 0.25) is 0 Å². The maximum Gasteiger partial charge on any atom is 0.263 e. The molecule has 0 fully saturated rings. The summed E-state index contributed by atoms with van der Waals surface area (Å²) < 4.78 is 7.87. The van der Waals surface area contributed by atoms with Crippen LogP contribution in [-0.4, -0.2) is 27.6 Å².